The van der Waals surface area contributed by atoms with Crippen molar-refractivity contribution in [2.75, 3.05) is 31.1 Å². The number of amides is 1. The molecule has 1 fully saturated rings. The van der Waals surface area contributed by atoms with Crippen molar-refractivity contribution in [2.45, 2.75) is 20.3 Å². The lowest BCUT2D eigenvalue weighted by atomic mass is 10.1. The molecule has 0 saturated carbocycles. The van der Waals surface area contributed by atoms with E-state index in [0.29, 0.717) is 30.9 Å². The fraction of sp³-hybridized carbons (Fsp3) is 0.304. The van der Waals surface area contributed by atoms with Crippen molar-refractivity contribution in [2.24, 2.45) is 0 Å². The zero-order chi connectivity index (χ0) is 21.3. The maximum Gasteiger partial charge on any atom is 0.257 e. The molecule has 4 rings (SSSR count). The molecule has 1 aliphatic heterocycles. The van der Waals surface area contributed by atoms with Gasteiger partial charge in [0.15, 0.2) is 0 Å². The number of aryl methyl sites for hydroxylation is 1. The van der Waals surface area contributed by atoms with Crippen molar-refractivity contribution in [1.29, 1.82) is 0 Å². The minimum atomic E-state index is -0.313. The Labute approximate surface area is 174 Å². The molecule has 0 aliphatic carbocycles. The van der Waals surface area contributed by atoms with Crippen LogP contribution in [0.2, 0.25) is 0 Å². The molecule has 0 bridgehead atoms. The van der Waals surface area contributed by atoms with Crippen LogP contribution in [0.15, 0.2) is 48.5 Å². The van der Waals surface area contributed by atoms with Gasteiger partial charge in [0.1, 0.15) is 11.6 Å². The van der Waals surface area contributed by atoms with Gasteiger partial charge in [0.2, 0.25) is 0 Å². The van der Waals surface area contributed by atoms with Gasteiger partial charge in [-0.05, 0) is 68.8 Å². The number of nitrogens with zero attached hydrogens (tertiary/aromatic N) is 4. The highest BCUT2D eigenvalue weighted by Gasteiger charge is 2.26. The Morgan fingerprint density at radius 1 is 0.833 bits per heavy atom. The molecular weight excluding hydrogens is 386 g/mol. The number of halogens is 2. The van der Waals surface area contributed by atoms with Gasteiger partial charge in [0.25, 0.3) is 5.91 Å². The number of rotatable bonds is 3. The first-order valence-electron chi connectivity index (χ1n) is 10.1. The number of carbonyl (C=O) groups excluding carboxylic acids is 1. The van der Waals surface area contributed by atoms with E-state index in [1.165, 1.54) is 24.3 Å². The first-order valence-corrected chi connectivity index (χ1v) is 10.1. The molecular formula is C23H24F2N4O. The van der Waals surface area contributed by atoms with Gasteiger partial charge in [-0.1, -0.05) is 0 Å². The molecule has 0 spiro atoms. The van der Waals surface area contributed by atoms with Gasteiger partial charge in [0.05, 0.1) is 22.6 Å². The Hall–Kier alpha value is -3.22. The van der Waals surface area contributed by atoms with Crippen molar-refractivity contribution in [3.05, 3.63) is 77.1 Å². The van der Waals surface area contributed by atoms with Crippen LogP contribution in [0, 0.1) is 25.5 Å². The number of carbonyl (C=O) groups is 1. The number of hydrogen-bond donors (Lipinski definition) is 0. The molecule has 1 aliphatic rings. The second-order valence-electron chi connectivity index (χ2n) is 7.54. The minimum absolute atomic E-state index is 0.0423. The van der Waals surface area contributed by atoms with Crippen LogP contribution in [0.25, 0.3) is 5.69 Å². The summed E-state index contributed by atoms with van der Waals surface area (Å²) >= 11 is 0. The van der Waals surface area contributed by atoms with Gasteiger partial charge in [-0.25, -0.2) is 13.5 Å². The molecule has 5 nitrogen and oxygen atoms in total. The standard InChI is InChI=1S/C23H24F2N4O/c1-16-22(17(2)29(26-16)21-10-6-19(25)7-11-21)23(30)28-13-3-12-27(14-15-28)20-8-4-18(24)5-9-20/h4-11H,3,12-15H2,1-2H3. The Morgan fingerprint density at radius 3 is 2.07 bits per heavy atom. The molecule has 156 valence electrons. The fourth-order valence-electron chi connectivity index (χ4n) is 3.97. The molecule has 7 heteroatoms. The van der Waals surface area contributed by atoms with E-state index in [4.69, 9.17) is 0 Å². The topological polar surface area (TPSA) is 41.4 Å². The summed E-state index contributed by atoms with van der Waals surface area (Å²) in [6.45, 7) is 6.40. The molecule has 1 amide bonds. The number of aromatic nitrogens is 2. The molecule has 0 radical (unpaired) electrons. The molecule has 1 aromatic heterocycles. The molecule has 30 heavy (non-hydrogen) atoms. The predicted octanol–water partition coefficient (Wildman–Crippen LogP) is 4.12. The first kappa shape index (κ1) is 20.1. The van der Waals surface area contributed by atoms with Crippen LogP contribution in [-0.4, -0.2) is 46.8 Å². The van der Waals surface area contributed by atoms with Crippen LogP contribution < -0.4 is 4.90 Å². The van der Waals surface area contributed by atoms with Gasteiger partial charge >= 0.3 is 0 Å². The van der Waals surface area contributed by atoms with Crippen molar-refractivity contribution >= 4 is 11.6 Å². The SMILES string of the molecule is Cc1nn(-c2ccc(F)cc2)c(C)c1C(=O)N1CCCN(c2ccc(F)cc2)CC1. The van der Waals surface area contributed by atoms with Crippen LogP contribution in [0.3, 0.4) is 0 Å². The summed E-state index contributed by atoms with van der Waals surface area (Å²) in [6, 6.07) is 12.5. The monoisotopic (exact) mass is 410 g/mol. The van der Waals surface area contributed by atoms with E-state index in [1.54, 1.807) is 28.9 Å². The van der Waals surface area contributed by atoms with E-state index in [9.17, 15) is 13.6 Å². The number of hydrogen-bond acceptors (Lipinski definition) is 3. The quantitative estimate of drug-likeness (QED) is 0.652. The Bertz CT molecular complexity index is 1040. The average Bonchev–Trinajstić information content (AvgIpc) is 2.90. The molecule has 2 heterocycles. The Kier molecular flexibility index (Phi) is 5.53. The minimum Gasteiger partial charge on any atom is -0.370 e. The highest BCUT2D eigenvalue weighted by molar-refractivity contribution is 5.96. The lowest BCUT2D eigenvalue weighted by molar-refractivity contribution is 0.0765. The highest BCUT2D eigenvalue weighted by atomic mass is 19.1. The second-order valence-corrected chi connectivity index (χ2v) is 7.54. The molecule has 3 aromatic rings. The van der Waals surface area contributed by atoms with Crippen molar-refractivity contribution in [3.8, 4) is 5.69 Å². The van der Waals surface area contributed by atoms with Gasteiger partial charge < -0.3 is 9.80 Å². The van der Waals surface area contributed by atoms with Gasteiger partial charge in [-0.2, -0.15) is 5.10 Å². The summed E-state index contributed by atoms with van der Waals surface area (Å²) in [5, 5.41) is 4.52. The first-order chi connectivity index (χ1) is 14.4. The van der Waals surface area contributed by atoms with E-state index in [2.05, 4.69) is 10.00 Å². The zero-order valence-electron chi connectivity index (χ0n) is 17.1. The van der Waals surface area contributed by atoms with Gasteiger partial charge in [-0.15, -0.1) is 0 Å². The summed E-state index contributed by atoms with van der Waals surface area (Å²) in [4.78, 5) is 17.4. The third kappa shape index (κ3) is 3.92. The van der Waals surface area contributed by atoms with Crippen LogP contribution in [-0.2, 0) is 0 Å². The normalized spacial score (nSPS) is 14.7. The van der Waals surface area contributed by atoms with E-state index < -0.39 is 0 Å². The maximum absolute atomic E-state index is 13.3. The summed E-state index contributed by atoms with van der Waals surface area (Å²) in [5.74, 6) is -0.610. The van der Waals surface area contributed by atoms with Crippen molar-refractivity contribution < 1.29 is 13.6 Å². The second kappa shape index (κ2) is 8.26. The summed E-state index contributed by atoms with van der Waals surface area (Å²) < 4.78 is 28.2. The maximum atomic E-state index is 13.3. The lowest BCUT2D eigenvalue weighted by Gasteiger charge is -2.24. The molecule has 2 aromatic carbocycles. The third-order valence-corrected chi connectivity index (χ3v) is 5.55. The summed E-state index contributed by atoms with van der Waals surface area (Å²) in [5.41, 5.74) is 3.66. The Balaban J connectivity index is 1.53. The molecule has 0 unspecified atom stereocenters. The average molecular weight is 410 g/mol. The summed E-state index contributed by atoms with van der Waals surface area (Å²) in [6.07, 6.45) is 0.827. The predicted molar refractivity (Wildman–Crippen MR) is 112 cm³/mol. The van der Waals surface area contributed by atoms with Crippen molar-refractivity contribution in [3.63, 3.8) is 0 Å². The van der Waals surface area contributed by atoms with Gasteiger partial charge in [-0.3, -0.25) is 4.79 Å². The molecule has 0 N–H and O–H groups in total. The van der Waals surface area contributed by atoms with E-state index in [1.807, 2.05) is 18.7 Å². The van der Waals surface area contributed by atoms with E-state index >= 15 is 0 Å². The van der Waals surface area contributed by atoms with Crippen LogP contribution in [0.1, 0.15) is 28.2 Å². The number of benzene rings is 2. The Morgan fingerprint density at radius 2 is 1.43 bits per heavy atom. The zero-order valence-corrected chi connectivity index (χ0v) is 17.1. The molecule has 1 saturated heterocycles. The summed E-state index contributed by atoms with van der Waals surface area (Å²) in [7, 11) is 0. The van der Waals surface area contributed by atoms with Crippen LogP contribution >= 0.6 is 0 Å². The smallest absolute Gasteiger partial charge is 0.257 e. The molecule has 0 atom stereocenters. The van der Waals surface area contributed by atoms with Gasteiger partial charge in [0, 0.05) is 31.9 Å². The van der Waals surface area contributed by atoms with Crippen LogP contribution in [0.5, 0.6) is 0 Å². The van der Waals surface area contributed by atoms with E-state index in [0.717, 1.165) is 30.0 Å². The van der Waals surface area contributed by atoms with Crippen molar-refractivity contribution in [1.82, 2.24) is 14.7 Å². The van der Waals surface area contributed by atoms with Crippen LogP contribution in [0.4, 0.5) is 14.5 Å². The third-order valence-electron chi connectivity index (χ3n) is 5.55. The largest absolute Gasteiger partial charge is 0.370 e. The number of anilines is 1. The highest BCUT2D eigenvalue weighted by Crippen LogP contribution is 2.22. The lowest BCUT2D eigenvalue weighted by Crippen LogP contribution is -2.35. The fourth-order valence-corrected chi connectivity index (χ4v) is 3.97. The van der Waals surface area contributed by atoms with E-state index in [-0.39, 0.29) is 17.5 Å².